The molecule has 16 heavy (non-hydrogen) atoms. The summed E-state index contributed by atoms with van der Waals surface area (Å²) < 4.78 is 37.2. The highest BCUT2D eigenvalue weighted by atomic mass is 32.2. The summed E-state index contributed by atoms with van der Waals surface area (Å²) in [4.78, 5) is 13.5. The Labute approximate surface area is 92.7 Å². The molecule has 0 saturated heterocycles. The smallest absolute Gasteiger partial charge is 0.331 e. The van der Waals surface area contributed by atoms with Crippen molar-refractivity contribution < 1.29 is 13.2 Å². The van der Waals surface area contributed by atoms with E-state index < -0.39 is 12.0 Å². The van der Waals surface area contributed by atoms with Crippen LogP contribution in [0.15, 0.2) is 5.16 Å². The van der Waals surface area contributed by atoms with Crippen molar-refractivity contribution in [3.05, 3.63) is 11.5 Å². The summed E-state index contributed by atoms with van der Waals surface area (Å²) in [5.41, 5.74) is 0.728. The molecule has 0 aliphatic heterocycles. The third-order valence-electron chi connectivity index (χ3n) is 1.96. The molecule has 0 aliphatic carbocycles. The maximum Gasteiger partial charge on any atom is 0.449 e. The maximum atomic E-state index is 12.4. The van der Waals surface area contributed by atoms with Crippen LogP contribution in [0.2, 0.25) is 0 Å². The summed E-state index contributed by atoms with van der Waals surface area (Å²) in [6.45, 7) is 1.61. The number of hydrogen-bond donors (Lipinski definition) is 1. The fourth-order valence-corrected chi connectivity index (χ4v) is 1.64. The van der Waals surface area contributed by atoms with Crippen LogP contribution in [-0.2, 0) is 6.18 Å². The second kappa shape index (κ2) is 3.62. The molecule has 0 aliphatic rings. The topological polar surface area (TPSA) is 54.5 Å². The number of fused-ring (bicyclic) bond motifs is 1. The molecule has 86 valence electrons. The number of rotatable bonds is 1. The van der Waals surface area contributed by atoms with Crippen LogP contribution >= 0.6 is 11.8 Å². The van der Waals surface area contributed by atoms with Crippen LogP contribution in [0.1, 0.15) is 11.5 Å². The number of aromatic nitrogens is 4. The standard InChI is InChI=1S/C8H7F3N4S/c1-3-4-5(15-7(12-3)16-2)14-6(13-4)8(9,10)11/h1-2H3,(H,12,13,14,15). The van der Waals surface area contributed by atoms with E-state index >= 15 is 0 Å². The molecular formula is C8H7F3N4S. The first kappa shape index (κ1) is 11.2. The first-order valence-corrected chi connectivity index (χ1v) is 5.50. The number of hydrogen-bond acceptors (Lipinski definition) is 4. The molecule has 0 saturated carbocycles. The Morgan fingerprint density at radius 3 is 2.44 bits per heavy atom. The number of aryl methyl sites for hydroxylation is 1. The van der Waals surface area contributed by atoms with E-state index in [1.807, 2.05) is 0 Å². The molecule has 2 rings (SSSR count). The third kappa shape index (κ3) is 1.84. The molecular weight excluding hydrogens is 241 g/mol. The van der Waals surface area contributed by atoms with Gasteiger partial charge in [0.25, 0.3) is 0 Å². The minimum absolute atomic E-state index is 0.0455. The molecule has 4 nitrogen and oxygen atoms in total. The van der Waals surface area contributed by atoms with Gasteiger partial charge in [0, 0.05) is 0 Å². The molecule has 2 aromatic heterocycles. The lowest BCUT2D eigenvalue weighted by molar-refractivity contribution is -0.144. The molecule has 0 bridgehead atoms. The quantitative estimate of drug-likeness (QED) is 0.622. The van der Waals surface area contributed by atoms with E-state index in [0.717, 1.165) is 0 Å². The van der Waals surface area contributed by atoms with Gasteiger partial charge in [-0.2, -0.15) is 13.2 Å². The lowest BCUT2D eigenvalue weighted by Gasteiger charge is -1.99. The van der Waals surface area contributed by atoms with Crippen LogP contribution in [0, 0.1) is 6.92 Å². The monoisotopic (exact) mass is 248 g/mol. The molecule has 0 aromatic carbocycles. The van der Waals surface area contributed by atoms with Crippen LogP contribution in [0.5, 0.6) is 0 Å². The number of nitrogens with zero attached hydrogens (tertiary/aromatic N) is 3. The van der Waals surface area contributed by atoms with Crippen molar-refractivity contribution in [2.45, 2.75) is 18.3 Å². The predicted octanol–water partition coefficient (Wildman–Crippen LogP) is 2.40. The Morgan fingerprint density at radius 2 is 1.88 bits per heavy atom. The minimum atomic E-state index is -4.49. The molecule has 0 radical (unpaired) electrons. The zero-order valence-corrected chi connectivity index (χ0v) is 9.20. The van der Waals surface area contributed by atoms with Gasteiger partial charge in [0.05, 0.1) is 5.69 Å². The first-order valence-electron chi connectivity index (χ1n) is 4.27. The van der Waals surface area contributed by atoms with E-state index in [0.29, 0.717) is 10.9 Å². The Morgan fingerprint density at radius 1 is 1.19 bits per heavy atom. The summed E-state index contributed by atoms with van der Waals surface area (Å²) in [6.07, 6.45) is -2.75. The van der Waals surface area contributed by atoms with Crippen molar-refractivity contribution in [3.8, 4) is 0 Å². The zero-order chi connectivity index (χ0) is 11.9. The van der Waals surface area contributed by atoms with Crippen molar-refractivity contribution in [1.82, 2.24) is 19.9 Å². The molecule has 2 aromatic rings. The van der Waals surface area contributed by atoms with Crippen LogP contribution in [-0.4, -0.2) is 26.2 Å². The van der Waals surface area contributed by atoms with Crippen molar-refractivity contribution in [2.75, 3.05) is 6.26 Å². The average molecular weight is 248 g/mol. The molecule has 0 spiro atoms. The normalized spacial score (nSPS) is 12.3. The van der Waals surface area contributed by atoms with Crippen LogP contribution in [0.3, 0.4) is 0 Å². The second-order valence-corrected chi connectivity index (χ2v) is 3.85. The highest BCUT2D eigenvalue weighted by Gasteiger charge is 2.35. The number of halogens is 3. The lowest BCUT2D eigenvalue weighted by Crippen LogP contribution is -2.06. The fraction of sp³-hybridized carbons (Fsp3) is 0.375. The molecule has 0 unspecified atom stereocenters. The molecule has 8 heteroatoms. The number of nitrogens with one attached hydrogen (secondary N) is 1. The summed E-state index contributed by atoms with van der Waals surface area (Å²) in [7, 11) is 0. The van der Waals surface area contributed by atoms with Gasteiger partial charge < -0.3 is 4.98 Å². The minimum Gasteiger partial charge on any atom is -0.331 e. The summed E-state index contributed by atoms with van der Waals surface area (Å²) in [5.74, 6) is -1.04. The Balaban J connectivity index is 2.66. The van der Waals surface area contributed by atoms with Gasteiger partial charge in [-0.15, -0.1) is 0 Å². The van der Waals surface area contributed by atoms with Gasteiger partial charge in [-0.1, -0.05) is 11.8 Å². The van der Waals surface area contributed by atoms with Gasteiger partial charge in [-0.3, -0.25) is 0 Å². The highest BCUT2D eigenvalue weighted by Crippen LogP contribution is 2.29. The van der Waals surface area contributed by atoms with Gasteiger partial charge in [-0.25, -0.2) is 15.0 Å². The largest absolute Gasteiger partial charge is 0.449 e. The van der Waals surface area contributed by atoms with Gasteiger partial charge in [0.2, 0.25) is 5.82 Å². The molecule has 0 amide bonds. The van der Waals surface area contributed by atoms with E-state index in [2.05, 4.69) is 19.9 Å². The molecule has 2 heterocycles. The number of aromatic amines is 1. The number of H-pyrrole nitrogens is 1. The van der Waals surface area contributed by atoms with E-state index in [-0.39, 0.29) is 11.2 Å². The SMILES string of the molecule is CSc1nc(C)c2[nH]c(C(F)(F)F)nc2n1. The van der Waals surface area contributed by atoms with Crippen molar-refractivity contribution >= 4 is 22.9 Å². The van der Waals surface area contributed by atoms with Gasteiger partial charge >= 0.3 is 6.18 Å². The summed E-state index contributed by atoms with van der Waals surface area (Å²) in [5, 5.41) is 0.408. The lowest BCUT2D eigenvalue weighted by atomic mass is 10.4. The van der Waals surface area contributed by atoms with Gasteiger partial charge in [0.15, 0.2) is 10.8 Å². The zero-order valence-electron chi connectivity index (χ0n) is 8.38. The van der Waals surface area contributed by atoms with Gasteiger partial charge in [0.1, 0.15) is 5.52 Å². The molecule has 1 N–H and O–H groups in total. The van der Waals surface area contributed by atoms with Crippen molar-refractivity contribution in [2.24, 2.45) is 0 Å². The molecule has 0 fully saturated rings. The first-order chi connectivity index (χ1) is 7.41. The highest BCUT2D eigenvalue weighted by molar-refractivity contribution is 7.98. The second-order valence-electron chi connectivity index (χ2n) is 3.08. The summed E-state index contributed by atoms with van der Waals surface area (Å²) in [6, 6.07) is 0. The van der Waals surface area contributed by atoms with Crippen LogP contribution in [0.25, 0.3) is 11.2 Å². The summed E-state index contributed by atoms with van der Waals surface area (Å²) >= 11 is 1.26. The van der Waals surface area contributed by atoms with E-state index in [4.69, 9.17) is 0 Å². The maximum absolute atomic E-state index is 12.4. The average Bonchev–Trinajstić information content (AvgIpc) is 2.61. The number of alkyl halides is 3. The van der Waals surface area contributed by atoms with E-state index in [9.17, 15) is 13.2 Å². The van der Waals surface area contributed by atoms with E-state index in [1.54, 1.807) is 13.2 Å². The van der Waals surface area contributed by atoms with E-state index in [1.165, 1.54) is 11.8 Å². The van der Waals surface area contributed by atoms with Crippen molar-refractivity contribution in [1.29, 1.82) is 0 Å². The molecule has 0 atom stereocenters. The fourth-order valence-electron chi connectivity index (χ4n) is 1.24. The number of thioether (sulfide) groups is 1. The van der Waals surface area contributed by atoms with Crippen LogP contribution < -0.4 is 0 Å². The van der Waals surface area contributed by atoms with Gasteiger partial charge in [-0.05, 0) is 13.2 Å². The van der Waals surface area contributed by atoms with Crippen molar-refractivity contribution in [3.63, 3.8) is 0 Å². The third-order valence-corrected chi connectivity index (χ3v) is 2.51. The Bertz CT molecular complexity index is 534. The Kier molecular flexibility index (Phi) is 2.53. The predicted molar refractivity (Wildman–Crippen MR) is 53.2 cm³/mol. The number of imidazole rings is 1. The Hall–Kier alpha value is -1.31. The van der Waals surface area contributed by atoms with Crippen LogP contribution in [0.4, 0.5) is 13.2 Å².